The maximum Gasteiger partial charge on any atom is 0.321 e. The molecule has 0 aromatic carbocycles. The predicted octanol–water partition coefficient (Wildman–Crippen LogP) is 1.05. The first-order valence-corrected chi connectivity index (χ1v) is 8.64. The number of nitrogens with one attached hydrogen (secondary N) is 1. The Kier molecular flexibility index (Phi) is 5.75. The lowest BCUT2D eigenvalue weighted by atomic mass is 10.2. The van der Waals surface area contributed by atoms with Crippen LogP contribution < -0.4 is 4.72 Å². The highest BCUT2D eigenvalue weighted by Gasteiger charge is 2.32. The lowest BCUT2D eigenvalue weighted by Crippen LogP contribution is -2.44. The number of thioether (sulfide) groups is 1. The van der Waals surface area contributed by atoms with E-state index < -0.39 is 27.3 Å². The Bertz CT molecular complexity index is 349. The number of carbonyl (C=O) groups is 1. The summed E-state index contributed by atoms with van der Waals surface area (Å²) in [6.45, 7) is 0. The van der Waals surface area contributed by atoms with Crippen molar-refractivity contribution in [2.75, 3.05) is 12.0 Å². The average molecular weight is 281 g/mol. The molecule has 0 heterocycles. The maximum atomic E-state index is 11.9. The van der Waals surface area contributed by atoms with Crippen molar-refractivity contribution in [3.8, 4) is 0 Å². The molecular weight excluding hydrogens is 262 g/mol. The monoisotopic (exact) mass is 281 g/mol. The first kappa shape index (κ1) is 14.8. The smallest absolute Gasteiger partial charge is 0.321 e. The maximum absolute atomic E-state index is 11.9. The molecule has 0 radical (unpaired) electrons. The van der Waals surface area contributed by atoms with Crippen LogP contribution in [0, 0.1) is 0 Å². The molecule has 0 saturated heterocycles. The van der Waals surface area contributed by atoms with Gasteiger partial charge < -0.3 is 5.11 Å². The molecule has 1 saturated carbocycles. The van der Waals surface area contributed by atoms with Crippen molar-refractivity contribution in [1.29, 1.82) is 0 Å². The zero-order valence-electron chi connectivity index (χ0n) is 9.89. The van der Waals surface area contributed by atoms with Crippen molar-refractivity contribution in [2.24, 2.45) is 0 Å². The standard InChI is InChI=1S/C10H19NO4S2/c1-16-7-6-9(10(12)13)11-17(14,15)8-4-2-3-5-8/h8-9,11H,2-7H2,1H3,(H,12,13)/t9-/m1/s1. The van der Waals surface area contributed by atoms with E-state index >= 15 is 0 Å². The third-order valence-corrected chi connectivity index (χ3v) is 5.56. The number of hydrogen-bond donors (Lipinski definition) is 2. The number of aliphatic carboxylic acids is 1. The summed E-state index contributed by atoms with van der Waals surface area (Å²) in [7, 11) is -3.47. The second-order valence-corrected chi connectivity index (χ2v) is 7.22. The summed E-state index contributed by atoms with van der Waals surface area (Å²) in [6.07, 6.45) is 5.30. The fourth-order valence-corrected chi connectivity index (χ4v) is 4.19. The van der Waals surface area contributed by atoms with E-state index in [4.69, 9.17) is 5.11 Å². The Hall–Kier alpha value is -0.270. The van der Waals surface area contributed by atoms with Gasteiger partial charge in [-0.1, -0.05) is 12.8 Å². The number of sulfonamides is 1. The summed E-state index contributed by atoms with van der Waals surface area (Å²) < 4.78 is 26.2. The van der Waals surface area contributed by atoms with Gasteiger partial charge in [0.05, 0.1) is 5.25 Å². The van der Waals surface area contributed by atoms with Crippen LogP contribution in [0.15, 0.2) is 0 Å². The molecule has 0 bridgehead atoms. The Morgan fingerprint density at radius 3 is 2.53 bits per heavy atom. The molecule has 1 fully saturated rings. The first-order valence-electron chi connectivity index (χ1n) is 5.70. The topological polar surface area (TPSA) is 83.5 Å². The van der Waals surface area contributed by atoms with Crippen LogP contribution in [0.25, 0.3) is 0 Å². The molecule has 5 nitrogen and oxygen atoms in total. The number of hydrogen-bond acceptors (Lipinski definition) is 4. The third kappa shape index (κ3) is 4.48. The molecule has 100 valence electrons. The molecule has 0 unspecified atom stereocenters. The second kappa shape index (κ2) is 6.61. The lowest BCUT2D eigenvalue weighted by molar-refractivity contribution is -0.139. The first-order chi connectivity index (χ1) is 7.97. The number of rotatable bonds is 7. The van der Waals surface area contributed by atoms with Crippen LogP contribution in [-0.4, -0.2) is 42.8 Å². The van der Waals surface area contributed by atoms with Crippen LogP contribution >= 0.6 is 11.8 Å². The Balaban J connectivity index is 2.61. The lowest BCUT2D eigenvalue weighted by Gasteiger charge is -2.17. The summed E-state index contributed by atoms with van der Waals surface area (Å²) in [5.74, 6) is -0.468. The molecule has 0 aromatic heterocycles. The van der Waals surface area contributed by atoms with Gasteiger partial charge in [-0.3, -0.25) is 4.79 Å². The molecular formula is C10H19NO4S2. The largest absolute Gasteiger partial charge is 0.480 e. The van der Waals surface area contributed by atoms with Gasteiger partial charge in [0.25, 0.3) is 0 Å². The third-order valence-electron chi connectivity index (χ3n) is 2.96. The number of carboxylic acids is 1. The van der Waals surface area contributed by atoms with Gasteiger partial charge in [-0.05, 0) is 31.3 Å². The van der Waals surface area contributed by atoms with Crippen molar-refractivity contribution in [2.45, 2.75) is 43.4 Å². The Morgan fingerprint density at radius 1 is 1.47 bits per heavy atom. The van der Waals surface area contributed by atoms with Crippen LogP contribution in [0.1, 0.15) is 32.1 Å². The van der Waals surface area contributed by atoms with E-state index in [1.54, 1.807) is 0 Å². The van der Waals surface area contributed by atoms with Gasteiger partial charge in [0.1, 0.15) is 6.04 Å². The number of carboxylic acid groups (broad SMARTS) is 1. The Morgan fingerprint density at radius 2 is 2.06 bits per heavy atom. The van der Waals surface area contributed by atoms with E-state index in [9.17, 15) is 13.2 Å². The van der Waals surface area contributed by atoms with Crippen LogP contribution in [0.2, 0.25) is 0 Å². The van der Waals surface area contributed by atoms with Gasteiger partial charge in [0.15, 0.2) is 0 Å². The van der Waals surface area contributed by atoms with E-state index in [1.165, 1.54) is 11.8 Å². The van der Waals surface area contributed by atoms with E-state index in [-0.39, 0.29) is 0 Å². The van der Waals surface area contributed by atoms with E-state index in [0.717, 1.165) is 12.8 Å². The van der Waals surface area contributed by atoms with Crippen molar-refractivity contribution >= 4 is 27.8 Å². The highest BCUT2D eigenvalue weighted by molar-refractivity contribution is 7.98. The predicted molar refractivity (Wildman–Crippen MR) is 68.7 cm³/mol. The highest BCUT2D eigenvalue weighted by Crippen LogP contribution is 2.24. The fourth-order valence-electron chi connectivity index (χ4n) is 1.96. The fraction of sp³-hybridized carbons (Fsp3) is 0.900. The van der Waals surface area contributed by atoms with Crippen molar-refractivity contribution in [1.82, 2.24) is 4.72 Å². The van der Waals surface area contributed by atoms with Crippen molar-refractivity contribution in [3.05, 3.63) is 0 Å². The van der Waals surface area contributed by atoms with E-state index in [0.29, 0.717) is 25.0 Å². The molecule has 7 heteroatoms. The molecule has 0 amide bonds. The summed E-state index contributed by atoms with van der Waals surface area (Å²) >= 11 is 1.51. The van der Waals surface area contributed by atoms with Crippen molar-refractivity contribution in [3.63, 3.8) is 0 Å². The zero-order valence-corrected chi connectivity index (χ0v) is 11.5. The molecule has 0 aromatic rings. The minimum Gasteiger partial charge on any atom is -0.480 e. The normalized spacial score (nSPS) is 19.4. The van der Waals surface area contributed by atoms with Gasteiger partial charge >= 0.3 is 5.97 Å². The van der Waals surface area contributed by atoms with E-state index in [2.05, 4.69) is 4.72 Å². The zero-order chi connectivity index (χ0) is 12.9. The molecule has 0 aliphatic heterocycles. The van der Waals surface area contributed by atoms with Gasteiger partial charge in [0.2, 0.25) is 10.0 Å². The van der Waals surface area contributed by atoms with Crippen molar-refractivity contribution < 1.29 is 18.3 Å². The second-order valence-electron chi connectivity index (χ2n) is 4.24. The van der Waals surface area contributed by atoms with Crippen LogP contribution in [0.5, 0.6) is 0 Å². The van der Waals surface area contributed by atoms with Crippen LogP contribution in [0.4, 0.5) is 0 Å². The highest BCUT2D eigenvalue weighted by atomic mass is 32.2. The summed E-state index contributed by atoms with van der Waals surface area (Å²) in [5, 5.41) is 8.57. The minimum atomic E-state index is -3.47. The Labute approximate surface area is 106 Å². The SMILES string of the molecule is CSCC[C@@H](NS(=O)(=O)C1CCCC1)C(=O)O. The quantitative estimate of drug-likeness (QED) is 0.729. The van der Waals surface area contributed by atoms with Crippen LogP contribution in [-0.2, 0) is 14.8 Å². The molecule has 1 aliphatic rings. The molecule has 1 atom stereocenters. The molecule has 1 aliphatic carbocycles. The molecule has 0 spiro atoms. The summed E-state index contributed by atoms with van der Waals surface area (Å²) in [4.78, 5) is 11.0. The van der Waals surface area contributed by atoms with Gasteiger partial charge in [-0.2, -0.15) is 11.8 Å². The summed E-state index contributed by atoms with van der Waals surface area (Å²) in [5.41, 5.74) is 0. The minimum absolute atomic E-state index is 0.322. The molecule has 1 rings (SSSR count). The van der Waals surface area contributed by atoms with Gasteiger partial charge in [-0.15, -0.1) is 0 Å². The molecule has 17 heavy (non-hydrogen) atoms. The summed E-state index contributed by atoms with van der Waals surface area (Å²) in [6, 6.07) is -0.993. The molecule has 2 N–H and O–H groups in total. The van der Waals surface area contributed by atoms with E-state index in [1.807, 2.05) is 6.26 Å². The van der Waals surface area contributed by atoms with Gasteiger partial charge in [0, 0.05) is 0 Å². The van der Waals surface area contributed by atoms with Gasteiger partial charge in [-0.25, -0.2) is 13.1 Å². The van der Waals surface area contributed by atoms with Crippen LogP contribution in [0.3, 0.4) is 0 Å². The average Bonchev–Trinajstić information content (AvgIpc) is 2.77.